The van der Waals surface area contributed by atoms with E-state index in [1.165, 1.54) is 0 Å². The van der Waals surface area contributed by atoms with Crippen molar-refractivity contribution >= 4 is 17.0 Å². The number of aryl methyl sites for hydroxylation is 1. The predicted molar refractivity (Wildman–Crippen MR) is 119 cm³/mol. The van der Waals surface area contributed by atoms with Gasteiger partial charge in [0, 0.05) is 13.2 Å². The normalized spacial score (nSPS) is 12.1. The molecule has 4 aromatic heterocycles. The number of fused-ring (bicyclic) bond motifs is 1. The van der Waals surface area contributed by atoms with Crippen LogP contribution >= 0.6 is 0 Å². The minimum absolute atomic E-state index is 0.198. The van der Waals surface area contributed by atoms with E-state index in [0.29, 0.717) is 33.8 Å². The lowest BCUT2D eigenvalue weighted by atomic mass is 10.00. The molecule has 5 aromatic rings. The number of amides is 1. The molecule has 0 spiro atoms. The summed E-state index contributed by atoms with van der Waals surface area (Å²) in [7, 11) is 1.77. The minimum atomic E-state index is -0.375. The van der Waals surface area contributed by atoms with Crippen molar-refractivity contribution in [2.45, 2.75) is 13.0 Å². The third kappa shape index (κ3) is 3.43. The maximum Gasteiger partial charge on any atom is 0.259 e. The number of aromatic nitrogens is 3. The summed E-state index contributed by atoms with van der Waals surface area (Å²) in [5, 5.41) is 4.62. The van der Waals surface area contributed by atoms with Crippen molar-refractivity contribution in [1.29, 1.82) is 0 Å². The van der Waals surface area contributed by atoms with E-state index in [1.807, 2.05) is 48.5 Å². The molecule has 0 aliphatic rings. The van der Waals surface area contributed by atoms with Crippen LogP contribution < -0.4 is 0 Å². The van der Waals surface area contributed by atoms with E-state index in [-0.39, 0.29) is 11.9 Å². The van der Waals surface area contributed by atoms with Crippen LogP contribution in [-0.4, -0.2) is 33.0 Å². The second-order valence-corrected chi connectivity index (χ2v) is 7.46. The Bertz CT molecular complexity index is 1320. The van der Waals surface area contributed by atoms with Crippen LogP contribution in [0.3, 0.4) is 0 Å². The summed E-state index contributed by atoms with van der Waals surface area (Å²) in [6.45, 7) is 1.80. The van der Waals surface area contributed by atoms with Gasteiger partial charge in [0.2, 0.25) is 0 Å². The molecule has 0 N–H and O–H groups in total. The number of nitrogens with zero attached hydrogens (tertiary/aromatic N) is 4. The van der Waals surface area contributed by atoms with Gasteiger partial charge in [-0.3, -0.25) is 9.78 Å². The average molecular weight is 424 g/mol. The van der Waals surface area contributed by atoms with Crippen LogP contribution in [0.25, 0.3) is 22.6 Å². The summed E-state index contributed by atoms with van der Waals surface area (Å²) in [6, 6.07) is 20.4. The number of rotatable bonds is 5. The Morgan fingerprint density at radius 1 is 1.03 bits per heavy atom. The topological polar surface area (TPSA) is 85.3 Å². The van der Waals surface area contributed by atoms with Crippen molar-refractivity contribution in [3.05, 3.63) is 102 Å². The van der Waals surface area contributed by atoms with Gasteiger partial charge in [-0.25, -0.2) is 4.98 Å². The number of carbonyl (C=O) groups excluding carboxylic acids is 1. The molecule has 0 bridgehead atoms. The first kappa shape index (κ1) is 19.7. The van der Waals surface area contributed by atoms with Gasteiger partial charge < -0.3 is 13.8 Å². The molecule has 4 heterocycles. The Balaban J connectivity index is 1.64. The van der Waals surface area contributed by atoms with Gasteiger partial charge in [-0.2, -0.15) is 0 Å². The standard InChI is InChI=1S/C25H20N4O3/c1-16-22-18(15-20(21-12-8-14-31-21)27-24(22)32-28-16)25(30)29(2)23(17-9-4-3-5-10-17)19-11-6-7-13-26-19/h3-15,23H,1-2H3/t23-/m1/s1. The van der Waals surface area contributed by atoms with Crippen LogP contribution in [0.5, 0.6) is 0 Å². The quantitative estimate of drug-likeness (QED) is 0.393. The molecule has 7 heteroatoms. The molecule has 0 saturated carbocycles. The van der Waals surface area contributed by atoms with Gasteiger partial charge in [0.05, 0.1) is 34.6 Å². The van der Waals surface area contributed by atoms with Crippen molar-refractivity contribution < 1.29 is 13.7 Å². The van der Waals surface area contributed by atoms with E-state index in [1.54, 1.807) is 49.5 Å². The second-order valence-electron chi connectivity index (χ2n) is 7.46. The van der Waals surface area contributed by atoms with Crippen molar-refractivity contribution in [3.8, 4) is 11.5 Å². The van der Waals surface area contributed by atoms with Gasteiger partial charge in [0.1, 0.15) is 5.69 Å². The summed E-state index contributed by atoms with van der Waals surface area (Å²) in [6.07, 6.45) is 3.29. The van der Waals surface area contributed by atoms with Crippen LogP contribution in [0.4, 0.5) is 0 Å². The molecule has 32 heavy (non-hydrogen) atoms. The lowest BCUT2D eigenvalue weighted by Gasteiger charge is -2.28. The van der Waals surface area contributed by atoms with Crippen molar-refractivity contribution in [3.63, 3.8) is 0 Å². The Morgan fingerprint density at radius 2 is 1.84 bits per heavy atom. The number of pyridine rings is 2. The third-order valence-electron chi connectivity index (χ3n) is 5.41. The fourth-order valence-corrected chi connectivity index (χ4v) is 3.89. The highest BCUT2D eigenvalue weighted by molar-refractivity contribution is 6.07. The summed E-state index contributed by atoms with van der Waals surface area (Å²) in [5.74, 6) is 0.345. The summed E-state index contributed by atoms with van der Waals surface area (Å²) in [4.78, 5) is 24.6. The van der Waals surface area contributed by atoms with E-state index in [2.05, 4.69) is 15.1 Å². The van der Waals surface area contributed by atoms with Crippen LogP contribution in [0.1, 0.15) is 33.4 Å². The molecule has 0 radical (unpaired) electrons. The molecule has 0 aliphatic carbocycles. The predicted octanol–water partition coefficient (Wildman–Crippen LogP) is 5.05. The van der Waals surface area contributed by atoms with Gasteiger partial charge in [-0.05, 0) is 42.8 Å². The molecule has 1 atom stereocenters. The zero-order chi connectivity index (χ0) is 22.1. The van der Waals surface area contributed by atoms with Crippen molar-refractivity contribution in [2.24, 2.45) is 0 Å². The number of hydrogen-bond donors (Lipinski definition) is 0. The third-order valence-corrected chi connectivity index (χ3v) is 5.41. The highest BCUT2D eigenvalue weighted by Gasteiger charge is 2.29. The van der Waals surface area contributed by atoms with E-state index in [4.69, 9.17) is 8.94 Å². The molecular formula is C25H20N4O3. The molecule has 1 amide bonds. The van der Waals surface area contributed by atoms with Gasteiger partial charge >= 0.3 is 0 Å². The molecule has 0 unspecified atom stereocenters. The van der Waals surface area contributed by atoms with Crippen LogP contribution in [-0.2, 0) is 0 Å². The Kier molecular flexibility index (Phi) is 4.99. The second kappa shape index (κ2) is 8.11. The molecule has 7 nitrogen and oxygen atoms in total. The molecule has 1 aromatic carbocycles. The summed E-state index contributed by atoms with van der Waals surface area (Å²) in [5.41, 5.74) is 3.57. The highest BCUT2D eigenvalue weighted by atomic mass is 16.5. The van der Waals surface area contributed by atoms with Crippen molar-refractivity contribution in [2.75, 3.05) is 7.05 Å². The molecule has 0 fully saturated rings. The Labute approximate surface area is 184 Å². The fraction of sp³-hybridized carbons (Fsp3) is 0.120. The summed E-state index contributed by atoms with van der Waals surface area (Å²) >= 11 is 0. The fourth-order valence-electron chi connectivity index (χ4n) is 3.89. The summed E-state index contributed by atoms with van der Waals surface area (Å²) < 4.78 is 10.9. The molecule has 5 rings (SSSR count). The van der Waals surface area contributed by atoms with Crippen LogP contribution in [0, 0.1) is 6.92 Å². The first-order chi connectivity index (χ1) is 15.6. The van der Waals surface area contributed by atoms with Crippen LogP contribution in [0.15, 0.2) is 88.1 Å². The van der Waals surface area contributed by atoms with Gasteiger partial charge in [-0.15, -0.1) is 0 Å². The largest absolute Gasteiger partial charge is 0.463 e. The Morgan fingerprint density at radius 3 is 2.56 bits per heavy atom. The molecule has 158 valence electrons. The van der Waals surface area contributed by atoms with Crippen LogP contribution in [0.2, 0.25) is 0 Å². The highest BCUT2D eigenvalue weighted by Crippen LogP contribution is 2.32. The zero-order valence-corrected chi connectivity index (χ0v) is 17.6. The van der Waals surface area contributed by atoms with Gasteiger partial charge in [-0.1, -0.05) is 41.6 Å². The van der Waals surface area contributed by atoms with E-state index in [0.717, 1.165) is 11.3 Å². The first-order valence-electron chi connectivity index (χ1n) is 10.2. The number of furan rings is 1. The minimum Gasteiger partial charge on any atom is -0.463 e. The Hall–Kier alpha value is -4.26. The molecular weight excluding hydrogens is 404 g/mol. The SMILES string of the molecule is Cc1noc2nc(-c3ccco3)cc(C(=O)N(C)[C@H](c3ccccc3)c3ccccn3)c12. The van der Waals surface area contributed by atoms with E-state index < -0.39 is 0 Å². The average Bonchev–Trinajstić information content (AvgIpc) is 3.50. The van der Waals surface area contributed by atoms with Crippen molar-refractivity contribution in [1.82, 2.24) is 20.0 Å². The van der Waals surface area contributed by atoms with Gasteiger partial charge in [0.15, 0.2) is 5.76 Å². The zero-order valence-electron chi connectivity index (χ0n) is 17.6. The number of benzene rings is 1. The first-order valence-corrected chi connectivity index (χ1v) is 10.2. The lowest BCUT2D eigenvalue weighted by molar-refractivity contribution is 0.0754. The maximum atomic E-state index is 13.9. The molecule has 0 aliphatic heterocycles. The monoisotopic (exact) mass is 424 g/mol. The van der Waals surface area contributed by atoms with E-state index in [9.17, 15) is 4.79 Å². The number of hydrogen-bond acceptors (Lipinski definition) is 6. The van der Waals surface area contributed by atoms with E-state index >= 15 is 0 Å². The lowest BCUT2D eigenvalue weighted by Crippen LogP contribution is -2.32. The maximum absolute atomic E-state index is 13.9. The number of carbonyl (C=O) groups is 1. The van der Waals surface area contributed by atoms with Gasteiger partial charge in [0.25, 0.3) is 11.6 Å². The smallest absolute Gasteiger partial charge is 0.259 e. The molecule has 0 saturated heterocycles.